The molecular weight excluding hydrogens is 282 g/mol. The maximum absolute atomic E-state index is 5.14. The zero-order valence-corrected chi connectivity index (χ0v) is 14.4. The number of aromatic nitrogens is 2. The lowest BCUT2D eigenvalue weighted by atomic mass is 10.2. The third-order valence-electron chi connectivity index (χ3n) is 3.59. The van der Waals surface area contributed by atoms with Crippen LogP contribution in [0.15, 0.2) is 11.4 Å². The Kier molecular flexibility index (Phi) is 5.42. The van der Waals surface area contributed by atoms with E-state index in [1.165, 1.54) is 17.0 Å². The average Bonchev–Trinajstić information content (AvgIpc) is 2.99. The Morgan fingerprint density at radius 3 is 2.86 bits per heavy atom. The van der Waals surface area contributed by atoms with E-state index in [2.05, 4.69) is 49.0 Å². The first-order valence-corrected chi connectivity index (χ1v) is 8.32. The van der Waals surface area contributed by atoms with Gasteiger partial charge in [-0.1, -0.05) is 6.92 Å². The van der Waals surface area contributed by atoms with Crippen molar-refractivity contribution in [3.05, 3.63) is 22.8 Å². The maximum atomic E-state index is 5.14. The fourth-order valence-electron chi connectivity index (χ4n) is 2.59. The van der Waals surface area contributed by atoms with Gasteiger partial charge in [-0.15, -0.1) is 11.3 Å². The lowest BCUT2D eigenvalue weighted by Gasteiger charge is -2.10. The van der Waals surface area contributed by atoms with Gasteiger partial charge in [-0.25, -0.2) is 4.98 Å². The first kappa shape index (κ1) is 16.0. The van der Waals surface area contributed by atoms with Gasteiger partial charge in [0.1, 0.15) is 0 Å². The highest BCUT2D eigenvalue weighted by Crippen LogP contribution is 2.30. The second kappa shape index (κ2) is 7.09. The number of thiazole rings is 1. The van der Waals surface area contributed by atoms with Crippen LogP contribution in [-0.2, 0) is 11.3 Å². The Morgan fingerprint density at radius 2 is 2.19 bits per heavy atom. The summed E-state index contributed by atoms with van der Waals surface area (Å²) < 4.78 is 7.51. The molecule has 1 N–H and O–H groups in total. The van der Waals surface area contributed by atoms with E-state index in [0.717, 1.165) is 23.8 Å². The molecule has 0 aromatic carbocycles. The first-order valence-electron chi connectivity index (χ1n) is 7.44. The minimum atomic E-state index is 0.265. The summed E-state index contributed by atoms with van der Waals surface area (Å²) in [5.74, 6) is 0. The van der Waals surface area contributed by atoms with Crippen LogP contribution in [0.5, 0.6) is 0 Å². The lowest BCUT2D eigenvalue weighted by molar-refractivity contribution is 0.190. The van der Waals surface area contributed by atoms with Crippen molar-refractivity contribution in [1.82, 2.24) is 9.55 Å². The van der Waals surface area contributed by atoms with Gasteiger partial charge in [0, 0.05) is 42.0 Å². The Morgan fingerprint density at radius 1 is 1.43 bits per heavy atom. The number of ether oxygens (including phenoxy) is 1. The number of anilines is 1. The van der Waals surface area contributed by atoms with Crippen LogP contribution in [0.25, 0.3) is 11.3 Å². The van der Waals surface area contributed by atoms with Crippen LogP contribution in [0, 0.1) is 13.8 Å². The van der Waals surface area contributed by atoms with Gasteiger partial charge >= 0.3 is 0 Å². The van der Waals surface area contributed by atoms with Gasteiger partial charge in [-0.2, -0.15) is 0 Å². The monoisotopic (exact) mass is 307 g/mol. The van der Waals surface area contributed by atoms with Crippen molar-refractivity contribution in [1.29, 1.82) is 0 Å². The van der Waals surface area contributed by atoms with Crippen LogP contribution in [0.1, 0.15) is 31.7 Å². The minimum Gasteiger partial charge on any atom is -0.383 e. The van der Waals surface area contributed by atoms with Crippen LogP contribution in [-0.4, -0.2) is 29.3 Å². The van der Waals surface area contributed by atoms with Crippen LogP contribution < -0.4 is 5.32 Å². The molecule has 0 aliphatic heterocycles. The molecule has 0 radical (unpaired) electrons. The predicted octanol–water partition coefficient (Wildman–Crippen LogP) is 4.09. The standard InChI is InChI=1S/C16H25N3OS/c1-6-7-19-12(3)8-14(13(19)4)15-10-21-16(18-15)17-11(2)9-20-5/h8,10-11H,6-7,9H2,1-5H3,(H,17,18)/t11-/m0/s1. The second-order valence-corrected chi connectivity index (χ2v) is 6.33. The molecule has 5 heteroatoms. The summed E-state index contributed by atoms with van der Waals surface area (Å²) in [5, 5.41) is 6.45. The molecule has 0 unspecified atom stereocenters. The molecule has 2 aromatic rings. The van der Waals surface area contributed by atoms with E-state index in [4.69, 9.17) is 9.72 Å². The van der Waals surface area contributed by atoms with E-state index in [-0.39, 0.29) is 6.04 Å². The molecule has 116 valence electrons. The van der Waals surface area contributed by atoms with Crippen LogP contribution in [0.4, 0.5) is 5.13 Å². The number of aryl methyl sites for hydroxylation is 1. The molecule has 0 saturated heterocycles. The maximum Gasteiger partial charge on any atom is 0.183 e. The molecule has 2 aromatic heterocycles. The van der Waals surface area contributed by atoms with Crippen LogP contribution in [0.2, 0.25) is 0 Å². The number of nitrogens with one attached hydrogen (secondary N) is 1. The van der Waals surface area contributed by atoms with E-state index < -0.39 is 0 Å². The summed E-state index contributed by atoms with van der Waals surface area (Å²) in [4.78, 5) is 4.72. The van der Waals surface area contributed by atoms with E-state index >= 15 is 0 Å². The molecule has 0 fully saturated rings. The van der Waals surface area contributed by atoms with Crippen molar-refractivity contribution in [2.45, 2.75) is 46.7 Å². The predicted molar refractivity (Wildman–Crippen MR) is 90.3 cm³/mol. The van der Waals surface area contributed by atoms with Crippen molar-refractivity contribution in [3.63, 3.8) is 0 Å². The van der Waals surface area contributed by atoms with Crippen molar-refractivity contribution >= 4 is 16.5 Å². The Balaban J connectivity index is 2.20. The highest BCUT2D eigenvalue weighted by molar-refractivity contribution is 7.14. The summed E-state index contributed by atoms with van der Waals surface area (Å²) >= 11 is 1.65. The molecule has 0 saturated carbocycles. The third-order valence-corrected chi connectivity index (χ3v) is 4.36. The molecule has 0 spiro atoms. The molecule has 1 atom stereocenters. The van der Waals surface area contributed by atoms with E-state index in [9.17, 15) is 0 Å². The SMILES string of the molecule is CCCn1c(C)cc(-c2csc(N[C@@H](C)COC)n2)c1C. The number of hydrogen-bond donors (Lipinski definition) is 1. The number of rotatable bonds is 7. The molecule has 0 amide bonds. The number of methoxy groups -OCH3 is 1. The minimum absolute atomic E-state index is 0.265. The van der Waals surface area contributed by atoms with E-state index in [1.54, 1.807) is 18.4 Å². The number of nitrogens with zero attached hydrogens (tertiary/aromatic N) is 2. The highest BCUT2D eigenvalue weighted by Gasteiger charge is 2.14. The molecule has 21 heavy (non-hydrogen) atoms. The van der Waals surface area contributed by atoms with Gasteiger partial charge in [-0.05, 0) is 33.3 Å². The normalized spacial score (nSPS) is 12.6. The van der Waals surface area contributed by atoms with Crippen molar-refractivity contribution in [2.24, 2.45) is 0 Å². The topological polar surface area (TPSA) is 39.1 Å². The summed E-state index contributed by atoms with van der Waals surface area (Å²) in [5.41, 5.74) is 4.91. The summed E-state index contributed by atoms with van der Waals surface area (Å²) in [6.45, 7) is 10.4. The molecular formula is C16H25N3OS. The summed E-state index contributed by atoms with van der Waals surface area (Å²) in [7, 11) is 1.72. The first-order chi connectivity index (χ1) is 10.1. The average molecular weight is 307 g/mol. The lowest BCUT2D eigenvalue weighted by Crippen LogP contribution is -2.20. The quantitative estimate of drug-likeness (QED) is 0.837. The zero-order valence-electron chi connectivity index (χ0n) is 13.6. The molecule has 0 aliphatic rings. The van der Waals surface area contributed by atoms with Gasteiger partial charge in [-0.3, -0.25) is 0 Å². The fraction of sp³-hybridized carbons (Fsp3) is 0.562. The zero-order chi connectivity index (χ0) is 15.4. The van der Waals surface area contributed by atoms with E-state index in [0.29, 0.717) is 6.61 Å². The largest absolute Gasteiger partial charge is 0.383 e. The molecule has 4 nitrogen and oxygen atoms in total. The molecule has 2 heterocycles. The second-order valence-electron chi connectivity index (χ2n) is 5.48. The molecule has 0 bridgehead atoms. The van der Waals surface area contributed by atoms with Gasteiger partial charge in [0.15, 0.2) is 5.13 Å². The van der Waals surface area contributed by atoms with Crippen LogP contribution >= 0.6 is 11.3 Å². The van der Waals surface area contributed by atoms with Crippen molar-refractivity contribution in [3.8, 4) is 11.3 Å². The number of hydrogen-bond acceptors (Lipinski definition) is 4. The molecule has 2 rings (SSSR count). The third kappa shape index (κ3) is 3.66. The Hall–Kier alpha value is -1.33. The van der Waals surface area contributed by atoms with Crippen molar-refractivity contribution < 1.29 is 4.74 Å². The highest BCUT2D eigenvalue weighted by atomic mass is 32.1. The van der Waals surface area contributed by atoms with Gasteiger partial charge in [0.25, 0.3) is 0 Å². The summed E-state index contributed by atoms with van der Waals surface area (Å²) in [6, 6.07) is 2.50. The van der Waals surface area contributed by atoms with Crippen LogP contribution in [0.3, 0.4) is 0 Å². The van der Waals surface area contributed by atoms with Gasteiger partial charge < -0.3 is 14.6 Å². The Labute approximate surface area is 131 Å². The Bertz CT molecular complexity index is 588. The van der Waals surface area contributed by atoms with E-state index in [1.807, 2.05) is 0 Å². The smallest absolute Gasteiger partial charge is 0.183 e. The fourth-order valence-corrected chi connectivity index (χ4v) is 3.42. The summed E-state index contributed by atoms with van der Waals surface area (Å²) in [6.07, 6.45) is 1.15. The van der Waals surface area contributed by atoms with Crippen molar-refractivity contribution in [2.75, 3.05) is 19.0 Å². The van der Waals surface area contributed by atoms with Gasteiger partial charge in [0.05, 0.1) is 12.3 Å². The van der Waals surface area contributed by atoms with Gasteiger partial charge in [0.2, 0.25) is 0 Å². The molecule has 0 aliphatic carbocycles.